The molecule has 0 spiro atoms. The SMILES string of the molecule is COCCNCC(=O)N(Cc1cccs1)c1ccc(OC)cc1.Cl. The highest BCUT2D eigenvalue weighted by Crippen LogP contribution is 2.22. The molecule has 1 aromatic heterocycles. The topological polar surface area (TPSA) is 50.8 Å². The van der Waals surface area contributed by atoms with E-state index in [1.165, 1.54) is 0 Å². The Labute approximate surface area is 153 Å². The van der Waals surface area contributed by atoms with Crippen molar-refractivity contribution in [2.45, 2.75) is 6.54 Å². The first-order valence-electron chi connectivity index (χ1n) is 7.41. The summed E-state index contributed by atoms with van der Waals surface area (Å²) in [6, 6.07) is 11.6. The molecule has 0 aliphatic heterocycles. The number of benzene rings is 1. The molecule has 1 heterocycles. The van der Waals surface area contributed by atoms with Crippen molar-refractivity contribution in [1.82, 2.24) is 5.32 Å². The lowest BCUT2D eigenvalue weighted by molar-refractivity contribution is -0.117. The number of nitrogens with one attached hydrogen (secondary N) is 1. The molecule has 0 unspecified atom stereocenters. The van der Waals surface area contributed by atoms with E-state index in [0.717, 1.165) is 16.3 Å². The highest BCUT2D eigenvalue weighted by molar-refractivity contribution is 7.09. The van der Waals surface area contributed by atoms with E-state index in [0.29, 0.717) is 19.7 Å². The molecule has 5 nitrogen and oxygen atoms in total. The molecule has 0 atom stereocenters. The van der Waals surface area contributed by atoms with E-state index < -0.39 is 0 Å². The van der Waals surface area contributed by atoms with Crippen LogP contribution in [0.1, 0.15) is 4.88 Å². The third kappa shape index (κ3) is 6.13. The Morgan fingerprint density at radius 2 is 1.96 bits per heavy atom. The van der Waals surface area contributed by atoms with Crippen molar-refractivity contribution in [3.8, 4) is 5.75 Å². The summed E-state index contributed by atoms with van der Waals surface area (Å²) < 4.78 is 10.2. The number of anilines is 1. The van der Waals surface area contributed by atoms with Gasteiger partial charge in [0.05, 0.1) is 26.8 Å². The number of halogens is 1. The average Bonchev–Trinajstić information content (AvgIpc) is 3.10. The van der Waals surface area contributed by atoms with E-state index in [4.69, 9.17) is 9.47 Å². The van der Waals surface area contributed by atoms with Crippen molar-refractivity contribution in [2.24, 2.45) is 0 Å². The lowest BCUT2D eigenvalue weighted by atomic mass is 10.2. The minimum atomic E-state index is 0. The van der Waals surface area contributed by atoms with Crippen LogP contribution in [0.15, 0.2) is 41.8 Å². The molecular formula is C17H23ClN2O3S. The van der Waals surface area contributed by atoms with Crippen LogP contribution in [-0.2, 0) is 16.1 Å². The standard InChI is InChI=1S/C17H22N2O3S.ClH/c1-21-10-9-18-12-17(20)19(13-16-4-3-11-23-16)14-5-7-15(22-2)8-6-14;/h3-8,11,18H,9-10,12-13H2,1-2H3;1H. The number of hydrogen-bond donors (Lipinski definition) is 1. The lowest BCUT2D eigenvalue weighted by Gasteiger charge is -2.23. The fourth-order valence-corrected chi connectivity index (χ4v) is 2.80. The van der Waals surface area contributed by atoms with Gasteiger partial charge in [0, 0.05) is 24.2 Å². The summed E-state index contributed by atoms with van der Waals surface area (Å²) >= 11 is 1.64. The van der Waals surface area contributed by atoms with Gasteiger partial charge in [-0.2, -0.15) is 0 Å². The van der Waals surface area contributed by atoms with Gasteiger partial charge >= 0.3 is 0 Å². The fourth-order valence-electron chi connectivity index (χ4n) is 2.11. The first kappa shape index (κ1) is 20.4. The van der Waals surface area contributed by atoms with Crippen LogP contribution < -0.4 is 15.0 Å². The molecule has 0 radical (unpaired) electrons. The molecule has 0 bridgehead atoms. The maximum Gasteiger partial charge on any atom is 0.241 e. The summed E-state index contributed by atoms with van der Waals surface area (Å²) in [6.45, 7) is 2.08. The summed E-state index contributed by atoms with van der Waals surface area (Å²) in [5, 5.41) is 5.12. The maximum absolute atomic E-state index is 12.6. The molecule has 2 aromatic rings. The molecular weight excluding hydrogens is 348 g/mol. The minimum Gasteiger partial charge on any atom is -0.497 e. The molecule has 2 rings (SSSR count). The molecule has 0 aliphatic carbocycles. The Kier molecular flexibility index (Phi) is 9.41. The molecule has 1 amide bonds. The molecule has 0 aliphatic rings. The van der Waals surface area contributed by atoms with Crippen LogP contribution in [0.2, 0.25) is 0 Å². The van der Waals surface area contributed by atoms with Crippen molar-refractivity contribution in [3.05, 3.63) is 46.7 Å². The number of ether oxygens (including phenoxy) is 2. The molecule has 1 aromatic carbocycles. The van der Waals surface area contributed by atoms with Gasteiger partial charge in [0.15, 0.2) is 0 Å². The van der Waals surface area contributed by atoms with Gasteiger partial charge in [0.2, 0.25) is 5.91 Å². The second-order valence-electron chi connectivity index (χ2n) is 4.93. The van der Waals surface area contributed by atoms with Gasteiger partial charge < -0.3 is 19.7 Å². The van der Waals surface area contributed by atoms with E-state index in [1.807, 2.05) is 41.8 Å². The number of amides is 1. The third-order valence-electron chi connectivity index (χ3n) is 3.34. The number of methoxy groups -OCH3 is 2. The van der Waals surface area contributed by atoms with Crippen LogP contribution in [-0.4, -0.2) is 39.8 Å². The smallest absolute Gasteiger partial charge is 0.241 e. The van der Waals surface area contributed by atoms with Gasteiger partial charge in [-0.05, 0) is 35.7 Å². The molecule has 0 saturated heterocycles. The van der Waals surface area contributed by atoms with Gasteiger partial charge in [-0.1, -0.05) is 6.07 Å². The van der Waals surface area contributed by atoms with E-state index in [1.54, 1.807) is 30.5 Å². The van der Waals surface area contributed by atoms with E-state index in [2.05, 4.69) is 5.32 Å². The molecule has 1 N–H and O–H groups in total. The van der Waals surface area contributed by atoms with Crippen LogP contribution in [0, 0.1) is 0 Å². The van der Waals surface area contributed by atoms with Crippen molar-refractivity contribution in [2.75, 3.05) is 38.8 Å². The average molecular weight is 371 g/mol. The highest BCUT2D eigenvalue weighted by Gasteiger charge is 2.16. The highest BCUT2D eigenvalue weighted by atomic mass is 35.5. The van der Waals surface area contributed by atoms with Crippen molar-refractivity contribution in [3.63, 3.8) is 0 Å². The minimum absolute atomic E-state index is 0. The van der Waals surface area contributed by atoms with Gasteiger partial charge in [-0.25, -0.2) is 0 Å². The van der Waals surface area contributed by atoms with Gasteiger partial charge in [0.25, 0.3) is 0 Å². The summed E-state index contributed by atoms with van der Waals surface area (Å²) in [5.74, 6) is 0.801. The number of hydrogen-bond acceptors (Lipinski definition) is 5. The van der Waals surface area contributed by atoms with Crippen molar-refractivity contribution < 1.29 is 14.3 Å². The molecule has 24 heavy (non-hydrogen) atoms. The predicted molar refractivity (Wildman–Crippen MR) is 100 cm³/mol. The number of rotatable bonds is 9. The van der Waals surface area contributed by atoms with Gasteiger partial charge in [0.1, 0.15) is 5.75 Å². The normalized spacial score (nSPS) is 10.1. The zero-order chi connectivity index (χ0) is 16.5. The Hall–Kier alpha value is -1.60. The number of carbonyl (C=O) groups is 1. The van der Waals surface area contributed by atoms with Gasteiger partial charge in [-0.15, -0.1) is 23.7 Å². The number of thiophene rings is 1. The second-order valence-corrected chi connectivity index (χ2v) is 5.96. The molecule has 132 valence electrons. The Morgan fingerprint density at radius 3 is 2.54 bits per heavy atom. The maximum atomic E-state index is 12.6. The quantitative estimate of drug-likeness (QED) is 0.689. The predicted octanol–water partition coefficient (Wildman–Crippen LogP) is 2.95. The van der Waals surface area contributed by atoms with Crippen molar-refractivity contribution >= 4 is 35.3 Å². The Balaban J connectivity index is 0.00000288. The first-order chi connectivity index (χ1) is 11.2. The van der Waals surface area contributed by atoms with Gasteiger partial charge in [-0.3, -0.25) is 4.79 Å². The van der Waals surface area contributed by atoms with Crippen LogP contribution in [0.3, 0.4) is 0 Å². The van der Waals surface area contributed by atoms with Crippen LogP contribution in [0.5, 0.6) is 5.75 Å². The zero-order valence-electron chi connectivity index (χ0n) is 13.9. The summed E-state index contributed by atoms with van der Waals surface area (Å²) in [6.07, 6.45) is 0. The van der Waals surface area contributed by atoms with Crippen LogP contribution >= 0.6 is 23.7 Å². The summed E-state index contributed by atoms with van der Waals surface area (Å²) in [4.78, 5) is 15.5. The Bertz CT molecular complexity index is 590. The summed E-state index contributed by atoms with van der Waals surface area (Å²) in [7, 11) is 3.27. The first-order valence-corrected chi connectivity index (χ1v) is 8.29. The molecule has 0 saturated carbocycles. The zero-order valence-corrected chi connectivity index (χ0v) is 15.5. The molecule has 7 heteroatoms. The van der Waals surface area contributed by atoms with Crippen LogP contribution in [0.4, 0.5) is 5.69 Å². The number of carbonyl (C=O) groups excluding carboxylic acids is 1. The van der Waals surface area contributed by atoms with Crippen molar-refractivity contribution in [1.29, 1.82) is 0 Å². The van der Waals surface area contributed by atoms with E-state index in [-0.39, 0.29) is 24.9 Å². The summed E-state index contributed by atoms with van der Waals surface area (Å²) in [5.41, 5.74) is 0.859. The van der Waals surface area contributed by atoms with E-state index in [9.17, 15) is 4.79 Å². The Morgan fingerprint density at radius 1 is 1.21 bits per heavy atom. The second kappa shape index (κ2) is 11.0. The molecule has 0 fully saturated rings. The van der Waals surface area contributed by atoms with E-state index >= 15 is 0 Å². The monoisotopic (exact) mass is 370 g/mol. The lowest BCUT2D eigenvalue weighted by Crippen LogP contribution is -2.38. The number of nitrogens with zero attached hydrogens (tertiary/aromatic N) is 1. The van der Waals surface area contributed by atoms with Crippen LogP contribution in [0.25, 0.3) is 0 Å². The largest absolute Gasteiger partial charge is 0.497 e. The fraction of sp³-hybridized carbons (Fsp3) is 0.353. The third-order valence-corrected chi connectivity index (χ3v) is 4.20.